The molecule has 0 bridgehead atoms. The fourth-order valence-electron chi connectivity index (χ4n) is 1.82. The van der Waals surface area contributed by atoms with Crippen LogP contribution < -0.4 is 16.0 Å². The third-order valence-corrected chi connectivity index (χ3v) is 2.81. The molecule has 18 heavy (non-hydrogen) atoms. The van der Waals surface area contributed by atoms with Gasteiger partial charge in [-0.2, -0.15) is 0 Å². The van der Waals surface area contributed by atoms with Crippen molar-refractivity contribution in [3.05, 3.63) is 65.7 Å². The predicted molar refractivity (Wildman–Crippen MR) is 73.2 cm³/mol. The Bertz CT molecular complexity index is 485. The van der Waals surface area contributed by atoms with Gasteiger partial charge in [0.15, 0.2) is 0 Å². The maximum atomic E-state index is 5.71. The fraction of sp³-hybridized carbons (Fsp3) is 0.200. The quantitative estimate of drug-likeness (QED) is 0.626. The van der Waals surface area contributed by atoms with Crippen LogP contribution in [0.5, 0.6) is 5.75 Å². The van der Waals surface area contributed by atoms with Crippen LogP contribution in [-0.4, -0.2) is 6.61 Å². The Morgan fingerprint density at radius 1 is 1.11 bits per heavy atom. The lowest BCUT2D eigenvalue weighted by atomic mass is 10.1. The SMILES string of the molecule is Cc1cccc(C(COc2ccccc2)NN)c1. The van der Waals surface area contributed by atoms with Crippen LogP contribution in [0.25, 0.3) is 0 Å². The molecule has 1 atom stereocenters. The lowest BCUT2D eigenvalue weighted by Gasteiger charge is -2.17. The number of benzene rings is 2. The molecule has 0 aromatic heterocycles. The van der Waals surface area contributed by atoms with Gasteiger partial charge in [-0.1, -0.05) is 48.0 Å². The molecule has 3 heteroatoms. The zero-order chi connectivity index (χ0) is 12.8. The zero-order valence-corrected chi connectivity index (χ0v) is 10.5. The second kappa shape index (κ2) is 6.19. The van der Waals surface area contributed by atoms with Gasteiger partial charge < -0.3 is 4.74 Å². The highest BCUT2D eigenvalue weighted by molar-refractivity contribution is 5.26. The summed E-state index contributed by atoms with van der Waals surface area (Å²) in [5, 5.41) is 0. The Kier molecular flexibility index (Phi) is 4.34. The molecule has 0 aliphatic heterocycles. The van der Waals surface area contributed by atoms with E-state index in [1.54, 1.807) is 0 Å². The molecule has 0 aliphatic carbocycles. The molecule has 0 spiro atoms. The van der Waals surface area contributed by atoms with Crippen LogP contribution >= 0.6 is 0 Å². The summed E-state index contributed by atoms with van der Waals surface area (Å²) in [6, 6.07) is 18.0. The van der Waals surface area contributed by atoms with Crippen molar-refractivity contribution in [1.82, 2.24) is 5.43 Å². The molecule has 2 aromatic carbocycles. The van der Waals surface area contributed by atoms with Crippen LogP contribution in [-0.2, 0) is 0 Å². The van der Waals surface area contributed by atoms with E-state index >= 15 is 0 Å². The molecule has 94 valence electrons. The summed E-state index contributed by atoms with van der Waals surface area (Å²) < 4.78 is 5.71. The summed E-state index contributed by atoms with van der Waals surface area (Å²) in [6.07, 6.45) is 0. The number of nitrogens with two attached hydrogens (primary N) is 1. The number of rotatable bonds is 5. The summed E-state index contributed by atoms with van der Waals surface area (Å²) in [5.41, 5.74) is 5.14. The van der Waals surface area contributed by atoms with E-state index in [1.165, 1.54) is 5.56 Å². The van der Waals surface area contributed by atoms with Gasteiger partial charge in [-0.25, -0.2) is 5.43 Å². The van der Waals surface area contributed by atoms with Crippen molar-refractivity contribution in [1.29, 1.82) is 0 Å². The largest absolute Gasteiger partial charge is 0.492 e. The van der Waals surface area contributed by atoms with Gasteiger partial charge in [0.25, 0.3) is 0 Å². The Hall–Kier alpha value is -1.84. The van der Waals surface area contributed by atoms with Gasteiger partial charge >= 0.3 is 0 Å². The minimum absolute atomic E-state index is 0.00916. The first kappa shape index (κ1) is 12.6. The number of para-hydroxylation sites is 1. The molecule has 3 nitrogen and oxygen atoms in total. The molecule has 0 saturated heterocycles. The zero-order valence-electron chi connectivity index (χ0n) is 10.5. The Morgan fingerprint density at radius 2 is 1.89 bits per heavy atom. The highest BCUT2D eigenvalue weighted by atomic mass is 16.5. The monoisotopic (exact) mass is 242 g/mol. The van der Waals surface area contributed by atoms with Crippen LogP contribution in [0.2, 0.25) is 0 Å². The lowest BCUT2D eigenvalue weighted by Crippen LogP contribution is -2.32. The molecule has 0 amide bonds. The van der Waals surface area contributed by atoms with E-state index in [0.717, 1.165) is 11.3 Å². The van der Waals surface area contributed by atoms with Crippen molar-refractivity contribution in [2.75, 3.05) is 6.61 Å². The van der Waals surface area contributed by atoms with Gasteiger partial charge in [0.1, 0.15) is 12.4 Å². The number of ether oxygens (including phenoxy) is 1. The molecule has 0 saturated carbocycles. The Labute approximate surface area is 108 Å². The summed E-state index contributed by atoms with van der Waals surface area (Å²) in [7, 11) is 0. The van der Waals surface area contributed by atoms with Crippen molar-refractivity contribution >= 4 is 0 Å². The molecule has 0 heterocycles. The topological polar surface area (TPSA) is 47.3 Å². The second-order valence-corrected chi connectivity index (χ2v) is 4.26. The minimum atomic E-state index is -0.00916. The van der Waals surface area contributed by atoms with E-state index in [9.17, 15) is 0 Å². The Morgan fingerprint density at radius 3 is 2.56 bits per heavy atom. The van der Waals surface area contributed by atoms with E-state index in [-0.39, 0.29) is 6.04 Å². The van der Waals surface area contributed by atoms with Crippen LogP contribution in [0.1, 0.15) is 17.2 Å². The third kappa shape index (κ3) is 3.32. The van der Waals surface area contributed by atoms with Crippen molar-refractivity contribution in [3.8, 4) is 5.75 Å². The number of nitrogens with one attached hydrogen (secondary N) is 1. The van der Waals surface area contributed by atoms with Crippen molar-refractivity contribution < 1.29 is 4.74 Å². The number of hydrogen-bond donors (Lipinski definition) is 2. The van der Waals surface area contributed by atoms with Crippen molar-refractivity contribution in [2.24, 2.45) is 5.84 Å². The highest BCUT2D eigenvalue weighted by Crippen LogP contribution is 2.16. The third-order valence-electron chi connectivity index (χ3n) is 2.81. The smallest absolute Gasteiger partial charge is 0.119 e. The fourth-order valence-corrected chi connectivity index (χ4v) is 1.82. The minimum Gasteiger partial charge on any atom is -0.492 e. The van der Waals surface area contributed by atoms with Gasteiger partial charge in [-0.3, -0.25) is 5.84 Å². The van der Waals surface area contributed by atoms with Gasteiger partial charge in [0.05, 0.1) is 6.04 Å². The van der Waals surface area contributed by atoms with E-state index in [0.29, 0.717) is 6.61 Å². The lowest BCUT2D eigenvalue weighted by molar-refractivity contribution is 0.267. The molecule has 2 rings (SSSR count). The molecule has 0 aliphatic rings. The van der Waals surface area contributed by atoms with E-state index in [4.69, 9.17) is 10.6 Å². The van der Waals surface area contributed by atoms with Crippen LogP contribution in [0, 0.1) is 6.92 Å². The molecule has 0 fully saturated rings. The standard InChI is InChI=1S/C15H18N2O/c1-12-6-5-7-13(10-12)15(17-16)11-18-14-8-3-2-4-9-14/h2-10,15,17H,11,16H2,1H3. The second-order valence-electron chi connectivity index (χ2n) is 4.26. The van der Waals surface area contributed by atoms with E-state index in [1.807, 2.05) is 42.5 Å². The number of hydrazine groups is 1. The first-order chi connectivity index (χ1) is 8.79. The normalized spacial score (nSPS) is 12.1. The molecular formula is C15H18N2O. The van der Waals surface area contributed by atoms with Gasteiger partial charge in [0, 0.05) is 0 Å². The summed E-state index contributed by atoms with van der Waals surface area (Å²) >= 11 is 0. The summed E-state index contributed by atoms with van der Waals surface area (Å²) in [5.74, 6) is 6.44. The maximum Gasteiger partial charge on any atom is 0.119 e. The van der Waals surface area contributed by atoms with Crippen LogP contribution in [0.4, 0.5) is 0 Å². The molecule has 2 aromatic rings. The molecule has 1 unspecified atom stereocenters. The predicted octanol–water partition coefficient (Wildman–Crippen LogP) is 2.58. The van der Waals surface area contributed by atoms with Gasteiger partial charge in [-0.15, -0.1) is 0 Å². The summed E-state index contributed by atoms with van der Waals surface area (Å²) in [6.45, 7) is 2.57. The molecule has 3 N–H and O–H groups in total. The van der Waals surface area contributed by atoms with E-state index < -0.39 is 0 Å². The Balaban J connectivity index is 2.02. The van der Waals surface area contributed by atoms with Gasteiger partial charge in [0.2, 0.25) is 0 Å². The maximum absolute atomic E-state index is 5.71. The van der Waals surface area contributed by atoms with Crippen molar-refractivity contribution in [3.63, 3.8) is 0 Å². The average Bonchev–Trinajstić information content (AvgIpc) is 2.41. The first-order valence-corrected chi connectivity index (χ1v) is 6.00. The number of aryl methyl sites for hydroxylation is 1. The van der Waals surface area contributed by atoms with Crippen LogP contribution in [0.3, 0.4) is 0 Å². The average molecular weight is 242 g/mol. The molecular weight excluding hydrogens is 224 g/mol. The van der Waals surface area contributed by atoms with Crippen molar-refractivity contribution in [2.45, 2.75) is 13.0 Å². The summed E-state index contributed by atoms with van der Waals surface area (Å²) in [4.78, 5) is 0. The number of hydrogen-bond acceptors (Lipinski definition) is 3. The first-order valence-electron chi connectivity index (χ1n) is 6.00. The highest BCUT2D eigenvalue weighted by Gasteiger charge is 2.10. The van der Waals surface area contributed by atoms with Gasteiger partial charge in [-0.05, 0) is 24.6 Å². The van der Waals surface area contributed by atoms with Crippen LogP contribution in [0.15, 0.2) is 54.6 Å². The molecule has 0 radical (unpaired) electrons. The van der Waals surface area contributed by atoms with E-state index in [2.05, 4.69) is 24.5 Å².